The largest absolute Gasteiger partial charge is 0.481 e. The highest BCUT2D eigenvalue weighted by Gasteiger charge is 2.16. The number of amides is 1. The Balaban J connectivity index is 2.21. The first kappa shape index (κ1) is 16.6. The molecule has 0 aromatic heterocycles. The predicted molar refractivity (Wildman–Crippen MR) is 81.6 cm³/mol. The van der Waals surface area contributed by atoms with Crippen LogP contribution in [0.3, 0.4) is 0 Å². The molecule has 0 bridgehead atoms. The van der Waals surface area contributed by atoms with Crippen molar-refractivity contribution in [2.75, 3.05) is 12.3 Å². The Hall–Kier alpha value is -1.49. The van der Waals surface area contributed by atoms with Crippen molar-refractivity contribution in [3.63, 3.8) is 0 Å². The lowest BCUT2D eigenvalue weighted by atomic mass is 10.0. The molecule has 0 saturated carbocycles. The summed E-state index contributed by atoms with van der Waals surface area (Å²) in [6.07, 6.45) is 1.39. The highest BCUT2D eigenvalue weighted by Crippen LogP contribution is 2.11. The molecule has 1 amide bonds. The zero-order chi connectivity index (χ0) is 14.8. The molecule has 1 rings (SSSR count). The van der Waals surface area contributed by atoms with Crippen LogP contribution in [0.1, 0.15) is 25.3 Å². The Kier molecular flexibility index (Phi) is 7.80. The number of carbonyl (C=O) groups is 2. The number of aliphatic carboxylic acids is 1. The summed E-state index contributed by atoms with van der Waals surface area (Å²) in [6, 6.07) is 9.94. The Morgan fingerprint density at radius 3 is 2.60 bits per heavy atom. The van der Waals surface area contributed by atoms with E-state index in [9.17, 15) is 9.59 Å². The Morgan fingerprint density at radius 2 is 2.00 bits per heavy atom. The van der Waals surface area contributed by atoms with Crippen LogP contribution in [0.25, 0.3) is 0 Å². The molecule has 1 atom stereocenters. The highest BCUT2D eigenvalue weighted by molar-refractivity contribution is 7.99. The van der Waals surface area contributed by atoms with Gasteiger partial charge in [0.05, 0.1) is 11.7 Å². The van der Waals surface area contributed by atoms with Crippen molar-refractivity contribution in [2.24, 2.45) is 5.92 Å². The molecule has 1 aromatic rings. The van der Waals surface area contributed by atoms with E-state index in [4.69, 9.17) is 5.11 Å². The van der Waals surface area contributed by atoms with Gasteiger partial charge in [-0.25, -0.2) is 0 Å². The fourth-order valence-electron chi connectivity index (χ4n) is 1.79. The van der Waals surface area contributed by atoms with Gasteiger partial charge in [0.2, 0.25) is 5.91 Å². The van der Waals surface area contributed by atoms with Gasteiger partial charge < -0.3 is 10.4 Å². The molecule has 0 aliphatic rings. The first-order valence-corrected chi connectivity index (χ1v) is 7.90. The van der Waals surface area contributed by atoms with E-state index in [0.29, 0.717) is 12.2 Å². The summed E-state index contributed by atoms with van der Waals surface area (Å²) in [5, 5.41) is 11.7. The lowest BCUT2D eigenvalue weighted by Gasteiger charge is -2.12. The third-order valence-corrected chi connectivity index (χ3v) is 3.88. The minimum absolute atomic E-state index is 0.103. The molecule has 0 aliphatic carbocycles. The van der Waals surface area contributed by atoms with E-state index in [1.165, 1.54) is 17.3 Å². The monoisotopic (exact) mass is 295 g/mol. The topological polar surface area (TPSA) is 66.4 Å². The van der Waals surface area contributed by atoms with Crippen molar-refractivity contribution in [1.82, 2.24) is 5.32 Å². The van der Waals surface area contributed by atoms with E-state index in [2.05, 4.69) is 5.32 Å². The summed E-state index contributed by atoms with van der Waals surface area (Å²) in [7, 11) is 0. The maximum Gasteiger partial charge on any atom is 0.308 e. The molecule has 0 aliphatic heterocycles. The fraction of sp³-hybridized carbons (Fsp3) is 0.467. The number of benzene rings is 1. The molecule has 110 valence electrons. The van der Waals surface area contributed by atoms with Gasteiger partial charge in [-0.3, -0.25) is 9.59 Å². The van der Waals surface area contributed by atoms with E-state index < -0.39 is 11.9 Å². The van der Waals surface area contributed by atoms with E-state index in [1.54, 1.807) is 0 Å². The molecule has 0 saturated heterocycles. The quantitative estimate of drug-likeness (QED) is 0.734. The molecule has 1 unspecified atom stereocenters. The van der Waals surface area contributed by atoms with Gasteiger partial charge in [0.15, 0.2) is 0 Å². The van der Waals surface area contributed by atoms with E-state index in [1.807, 2.05) is 37.3 Å². The number of rotatable bonds is 9. The maximum atomic E-state index is 11.6. The van der Waals surface area contributed by atoms with Crippen LogP contribution in [0, 0.1) is 5.92 Å². The molecule has 5 heteroatoms. The summed E-state index contributed by atoms with van der Waals surface area (Å²) < 4.78 is 0. The SMILES string of the molecule is CCCC(CNC(=O)CSCc1ccccc1)C(=O)O. The predicted octanol–water partition coefficient (Wildman–Crippen LogP) is 2.54. The third-order valence-electron chi connectivity index (χ3n) is 2.88. The zero-order valence-electron chi connectivity index (χ0n) is 11.7. The first-order valence-electron chi connectivity index (χ1n) is 6.74. The number of carbonyl (C=O) groups excluding carboxylic acids is 1. The standard InChI is InChI=1S/C15H21NO3S/c1-2-6-13(15(18)19)9-16-14(17)11-20-10-12-7-4-3-5-8-12/h3-5,7-8,13H,2,6,9-11H2,1H3,(H,16,17)(H,18,19). The number of nitrogens with one attached hydrogen (secondary N) is 1. The van der Waals surface area contributed by atoms with Crippen LogP contribution < -0.4 is 5.32 Å². The summed E-state index contributed by atoms with van der Waals surface area (Å²) >= 11 is 1.53. The van der Waals surface area contributed by atoms with Crippen molar-refractivity contribution in [1.29, 1.82) is 0 Å². The number of thioether (sulfide) groups is 1. The highest BCUT2D eigenvalue weighted by atomic mass is 32.2. The molecule has 0 fully saturated rings. The molecule has 0 radical (unpaired) electrons. The van der Waals surface area contributed by atoms with Gasteiger partial charge in [-0.05, 0) is 12.0 Å². The Morgan fingerprint density at radius 1 is 1.30 bits per heavy atom. The maximum absolute atomic E-state index is 11.6. The Labute approximate surface area is 124 Å². The van der Waals surface area contributed by atoms with Gasteiger partial charge in [0.1, 0.15) is 0 Å². The summed E-state index contributed by atoms with van der Waals surface area (Å²) in [5.41, 5.74) is 1.18. The summed E-state index contributed by atoms with van der Waals surface area (Å²) in [5.74, 6) is -0.292. The summed E-state index contributed by atoms with van der Waals surface area (Å²) in [6.45, 7) is 2.15. The smallest absolute Gasteiger partial charge is 0.308 e. The van der Waals surface area contributed by atoms with Crippen LogP contribution in [-0.4, -0.2) is 29.3 Å². The number of carboxylic acids is 1. The second kappa shape index (κ2) is 9.42. The minimum atomic E-state index is -0.843. The van der Waals surface area contributed by atoms with Crippen LogP contribution in [0.4, 0.5) is 0 Å². The first-order chi connectivity index (χ1) is 9.63. The van der Waals surface area contributed by atoms with Gasteiger partial charge in [0.25, 0.3) is 0 Å². The number of carboxylic acid groups (broad SMARTS) is 1. The lowest BCUT2D eigenvalue weighted by molar-refractivity contribution is -0.141. The lowest BCUT2D eigenvalue weighted by Crippen LogP contribution is -2.33. The minimum Gasteiger partial charge on any atom is -0.481 e. The molecular weight excluding hydrogens is 274 g/mol. The second-order valence-electron chi connectivity index (χ2n) is 4.61. The molecule has 0 spiro atoms. The van der Waals surface area contributed by atoms with Crippen molar-refractivity contribution < 1.29 is 14.7 Å². The van der Waals surface area contributed by atoms with E-state index in [-0.39, 0.29) is 12.5 Å². The normalized spacial score (nSPS) is 11.8. The van der Waals surface area contributed by atoms with Crippen molar-refractivity contribution in [3.8, 4) is 0 Å². The van der Waals surface area contributed by atoms with Crippen LogP contribution in [0.15, 0.2) is 30.3 Å². The fourth-order valence-corrected chi connectivity index (χ4v) is 2.60. The molecule has 1 aromatic carbocycles. The summed E-state index contributed by atoms with van der Waals surface area (Å²) in [4.78, 5) is 22.6. The van der Waals surface area contributed by atoms with Gasteiger partial charge in [-0.1, -0.05) is 43.7 Å². The zero-order valence-corrected chi connectivity index (χ0v) is 12.5. The van der Waals surface area contributed by atoms with Gasteiger partial charge in [-0.2, -0.15) is 0 Å². The van der Waals surface area contributed by atoms with Gasteiger partial charge in [0, 0.05) is 12.3 Å². The average Bonchev–Trinajstić information content (AvgIpc) is 2.44. The molecule has 0 heterocycles. The molecule has 2 N–H and O–H groups in total. The Bertz CT molecular complexity index is 422. The van der Waals surface area contributed by atoms with E-state index >= 15 is 0 Å². The molecular formula is C15H21NO3S. The third kappa shape index (κ3) is 6.61. The van der Waals surface area contributed by atoms with Crippen LogP contribution in [0.5, 0.6) is 0 Å². The van der Waals surface area contributed by atoms with Crippen LogP contribution >= 0.6 is 11.8 Å². The van der Waals surface area contributed by atoms with Gasteiger partial charge in [-0.15, -0.1) is 11.8 Å². The van der Waals surface area contributed by atoms with Crippen LogP contribution in [-0.2, 0) is 15.3 Å². The average molecular weight is 295 g/mol. The second-order valence-corrected chi connectivity index (χ2v) is 5.59. The van der Waals surface area contributed by atoms with Crippen LogP contribution in [0.2, 0.25) is 0 Å². The van der Waals surface area contributed by atoms with Crippen molar-refractivity contribution in [2.45, 2.75) is 25.5 Å². The number of hydrogen-bond donors (Lipinski definition) is 2. The van der Waals surface area contributed by atoms with Gasteiger partial charge >= 0.3 is 5.97 Å². The van der Waals surface area contributed by atoms with Crippen molar-refractivity contribution in [3.05, 3.63) is 35.9 Å². The van der Waals surface area contributed by atoms with E-state index in [0.717, 1.165) is 12.2 Å². The number of hydrogen-bond acceptors (Lipinski definition) is 3. The molecule has 20 heavy (non-hydrogen) atoms. The van der Waals surface area contributed by atoms with Crippen molar-refractivity contribution >= 4 is 23.6 Å². The molecule has 4 nitrogen and oxygen atoms in total.